The smallest absolute Gasteiger partial charge is 0.239 e. The van der Waals surface area contributed by atoms with Crippen molar-refractivity contribution in [2.45, 2.75) is 19.4 Å². The van der Waals surface area contributed by atoms with E-state index < -0.39 is 0 Å². The van der Waals surface area contributed by atoms with Gasteiger partial charge in [-0.25, -0.2) is 0 Å². The number of amides is 2. The van der Waals surface area contributed by atoms with Crippen molar-refractivity contribution >= 4 is 11.8 Å². The number of rotatable bonds is 7. The van der Waals surface area contributed by atoms with Crippen molar-refractivity contribution in [3.05, 3.63) is 35.9 Å². The minimum Gasteiger partial charge on any atom is -0.352 e. The first-order valence-electron chi connectivity index (χ1n) is 6.36. The van der Waals surface area contributed by atoms with Gasteiger partial charge in [-0.05, 0) is 26.0 Å². The molecule has 2 amide bonds. The maximum absolute atomic E-state index is 11.6. The molecule has 19 heavy (non-hydrogen) atoms. The summed E-state index contributed by atoms with van der Waals surface area (Å²) in [4.78, 5) is 22.8. The van der Waals surface area contributed by atoms with E-state index in [1.54, 1.807) is 7.05 Å². The first-order chi connectivity index (χ1) is 9.11. The van der Waals surface area contributed by atoms with Crippen LogP contribution < -0.4 is 16.0 Å². The van der Waals surface area contributed by atoms with E-state index in [1.165, 1.54) is 5.56 Å². The quantitative estimate of drug-likeness (QED) is 0.652. The van der Waals surface area contributed by atoms with E-state index in [9.17, 15) is 9.59 Å². The van der Waals surface area contributed by atoms with Crippen molar-refractivity contribution in [2.24, 2.45) is 0 Å². The summed E-state index contributed by atoms with van der Waals surface area (Å²) in [6, 6.07) is 10.00. The van der Waals surface area contributed by atoms with Gasteiger partial charge in [0.15, 0.2) is 0 Å². The molecule has 0 fully saturated rings. The molecule has 1 rings (SSSR count). The van der Waals surface area contributed by atoms with Crippen LogP contribution in [0.3, 0.4) is 0 Å². The zero-order chi connectivity index (χ0) is 14.1. The second-order valence-corrected chi connectivity index (χ2v) is 4.47. The second-order valence-electron chi connectivity index (χ2n) is 4.47. The molecule has 0 spiro atoms. The van der Waals surface area contributed by atoms with Gasteiger partial charge in [-0.1, -0.05) is 30.3 Å². The molecule has 5 heteroatoms. The standard InChI is InChI=1S/C14H21N3O2/c1-11(8-12-6-4-3-5-7-12)17-14(19)10-16-13(18)9-15-2/h3-7,11,15H,8-10H2,1-2H3,(H,16,18)(H,17,19)/t11-/m1/s1. The maximum atomic E-state index is 11.6. The molecule has 0 aliphatic heterocycles. The van der Waals surface area contributed by atoms with Crippen LogP contribution in [0, 0.1) is 0 Å². The molecule has 0 unspecified atom stereocenters. The average molecular weight is 263 g/mol. The second kappa shape index (κ2) is 8.26. The van der Waals surface area contributed by atoms with E-state index in [1.807, 2.05) is 37.3 Å². The van der Waals surface area contributed by atoms with Crippen LogP contribution in [0.1, 0.15) is 12.5 Å². The number of hydrogen-bond acceptors (Lipinski definition) is 3. The summed E-state index contributed by atoms with van der Waals surface area (Å²) in [7, 11) is 1.68. The van der Waals surface area contributed by atoms with Gasteiger partial charge >= 0.3 is 0 Å². The van der Waals surface area contributed by atoms with Crippen molar-refractivity contribution in [1.29, 1.82) is 0 Å². The number of likely N-dealkylation sites (N-methyl/N-ethyl adjacent to an activating group) is 1. The van der Waals surface area contributed by atoms with Crippen LogP contribution in [-0.4, -0.2) is 38.0 Å². The van der Waals surface area contributed by atoms with Crippen LogP contribution in [0.2, 0.25) is 0 Å². The topological polar surface area (TPSA) is 70.2 Å². The Labute approximate surface area is 113 Å². The zero-order valence-corrected chi connectivity index (χ0v) is 11.4. The molecule has 0 saturated heterocycles. The third-order valence-corrected chi connectivity index (χ3v) is 2.58. The van der Waals surface area contributed by atoms with Crippen molar-refractivity contribution in [3.63, 3.8) is 0 Å². The molecule has 0 aromatic heterocycles. The SMILES string of the molecule is CNCC(=O)NCC(=O)N[C@H](C)Cc1ccccc1. The Morgan fingerprint density at radius 2 is 1.79 bits per heavy atom. The highest BCUT2D eigenvalue weighted by molar-refractivity contribution is 5.85. The Kier molecular flexibility index (Phi) is 6.60. The summed E-state index contributed by atoms with van der Waals surface area (Å²) in [5.74, 6) is -0.360. The Hall–Kier alpha value is -1.88. The van der Waals surface area contributed by atoms with Gasteiger partial charge in [0, 0.05) is 6.04 Å². The molecule has 0 saturated carbocycles. The fourth-order valence-electron chi connectivity index (χ4n) is 1.75. The van der Waals surface area contributed by atoms with Crippen LogP contribution in [0.15, 0.2) is 30.3 Å². The molecule has 3 N–H and O–H groups in total. The van der Waals surface area contributed by atoms with Gasteiger partial charge in [0.1, 0.15) is 0 Å². The van der Waals surface area contributed by atoms with Crippen LogP contribution in [0.5, 0.6) is 0 Å². The number of benzene rings is 1. The largest absolute Gasteiger partial charge is 0.352 e. The summed E-state index contributed by atoms with van der Waals surface area (Å²) in [5, 5.41) is 8.11. The highest BCUT2D eigenvalue weighted by Crippen LogP contribution is 2.02. The minimum atomic E-state index is -0.187. The number of nitrogens with one attached hydrogen (secondary N) is 3. The Bertz CT molecular complexity index is 406. The molecule has 0 heterocycles. The summed E-state index contributed by atoms with van der Waals surface area (Å²) in [6.45, 7) is 2.17. The van der Waals surface area contributed by atoms with E-state index in [2.05, 4.69) is 16.0 Å². The molecule has 0 aliphatic carbocycles. The van der Waals surface area contributed by atoms with Crippen molar-refractivity contribution < 1.29 is 9.59 Å². The highest BCUT2D eigenvalue weighted by atomic mass is 16.2. The molecule has 1 atom stereocenters. The van der Waals surface area contributed by atoms with Crippen molar-refractivity contribution in [3.8, 4) is 0 Å². The van der Waals surface area contributed by atoms with Crippen LogP contribution in [0.4, 0.5) is 0 Å². The fourth-order valence-corrected chi connectivity index (χ4v) is 1.75. The molecule has 104 valence electrons. The van der Waals surface area contributed by atoms with Gasteiger partial charge in [0.05, 0.1) is 13.1 Å². The summed E-state index contributed by atoms with van der Waals surface area (Å²) in [5.41, 5.74) is 1.18. The predicted molar refractivity (Wildman–Crippen MR) is 74.7 cm³/mol. The normalized spacial score (nSPS) is 11.7. The van der Waals surface area contributed by atoms with E-state index in [4.69, 9.17) is 0 Å². The first kappa shape index (κ1) is 15.2. The van der Waals surface area contributed by atoms with Gasteiger partial charge in [-0.2, -0.15) is 0 Å². The third-order valence-electron chi connectivity index (χ3n) is 2.58. The van der Waals surface area contributed by atoms with Crippen molar-refractivity contribution in [1.82, 2.24) is 16.0 Å². The Balaban J connectivity index is 2.26. The molecule has 1 aromatic carbocycles. The van der Waals surface area contributed by atoms with Gasteiger partial charge in [0.2, 0.25) is 11.8 Å². The van der Waals surface area contributed by atoms with Gasteiger partial charge in [0.25, 0.3) is 0 Å². The molecule has 0 aliphatic rings. The number of hydrogen-bond donors (Lipinski definition) is 3. The number of carbonyl (C=O) groups excluding carboxylic acids is 2. The van der Waals surface area contributed by atoms with Gasteiger partial charge in [-0.3, -0.25) is 9.59 Å². The molecule has 5 nitrogen and oxygen atoms in total. The van der Waals surface area contributed by atoms with E-state index in [0.717, 1.165) is 6.42 Å². The summed E-state index contributed by atoms with van der Waals surface area (Å²) in [6.07, 6.45) is 0.775. The highest BCUT2D eigenvalue weighted by Gasteiger charge is 2.09. The Morgan fingerprint density at radius 3 is 2.42 bits per heavy atom. The molecule has 0 radical (unpaired) electrons. The maximum Gasteiger partial charge on any atom is 0.239 e. The van der Waals surface area contributed by atoms with Crippen LogP contribution in [-0.2, 0) is 16.0 Å². The summed E-state index contributed by atoms with van der Waals surface area (Å²) >= 11 is 0. The predicted octanol–water partition coefficient (Wildman–Crippen LogP) is 0.0694. The van der Waals surface area contributed by atoms with Gasteiger partial charge < -0.3 is 16.0 Å². The van der Waals surface area contributed by atoms with Crippen LogP contribution >= 0.6 is 0 Å². The Morgan fingerprint density at radius 1 is 1.11 bits per heavy atom. The molecular weight excluding hydrogens is 242 g/mol. The van der Waals surface area contributed by atoms with Crippen molar-refractivity contribution in [2.75, 3.05) is 20.1 Å². The van der Waals surface area contributed by atoms with E-state index >= 15 is 0 Å². The molecule has 1 aromatic rings. The monoisotopic (exact) mass is 263 g/mol. The lowest BCUT2D eigenvalue weighted by Gasteiger charge is -2.14. The lowest BCUT2D eigenvalue weighted by Crippen LogP contribution is -2.43. The molecular formula is C14H21N3O2. The van der Waals surface area contributed by atoms with E-state index in [-0.39, 0.29) is 30.9 Å². The lowest BCUT2D eigenvalue weighted by atomic mass is 10.1. The number of carbonyl (C=O) groups is 2. The lowest BCUT2D eigenvalue weighted by molar-refractivity contribution is -0.125. The third kappa shape index (κ3) is 6.57. The summed E-state index contributed by atoms with van der Waals surface area (Å²) < 4.78 is 0. The minimum absolute atomic E-state index is 0.0135. The zero-order valence-electron chi connectivity index (χ0n) is 11.4. The van der Waals surface area contributed by atoms with E-state index in [0.29, 0.717) is 0 Å². The molecule has 0 bridgehead atoms. The average Bonchev–Trinajstić information content (AvgIpc) is 2.38. The fraction of sp³-hybridized carbons (Fsp3) is 0.429. The van der Waals surface area contributed by atoms with Gasteiger partial charge in [-0.15, -0.1) is 0 Å². The first-order valence-corrected chi connectivity index (χ1v) is 6.36. The van der Waals surface area contributed by atoms with Crippen LogP contribution in [0.25, 0.3) is 0 Å².